The predicted octanol–water partition coefficient (Wildman–Crippen LogP) is 5.60. The lowest BCUT2D eigenvalue weighted by atomic mass is 9.44. The Bertz CT molecular complexity index is 1610. The van der Waals surface area contributed by atoms with E-state index in [1.54, 1.807) is 13.8 Å². The minimum absolute atomic E-state index is 0. The molecule has 0 aromatic heterocycles. The number of hydrogen-bond donors (Lipinski definition) is 3. The zero-order valence-electron chi connectivity index (χ0n) is 25.6. The first-order valence-electron chi connectivity index (χ1n) is 15.7. The highest BCUT2D eigenvalue weighted by molar-refractivity contribution is 6.01. The first-order chi connectivity index (χ1) is 21.4. The number of ketones is 2. The Kier molecular flexibility index (Phi) is 7.95. The Morgan fingerprint density at radius 3 is 2.52 bits per heavy atom. The molecule has 2 aromatic carbocycles. The summed E-state index contributed by atoms with van der Waals surface area (Å²) in [5.74, 6) is -2.58. The summed E-state index contributed by atoms with van der Waals surface area (Å²) in [5.41, 5.74) is -2.65. The van der Waals surface area contributed by atoms with Crippen LogP contribution in [0.15, 0.2) is 72.3 Å². The molecule has 1 aliphatic heterocycles. The molecule has 3 N–H and O–H groups in total. The van der Waals surface area contributed by atoms with Crippen molar-refractivity contribution in [2.45, 2.75) is 82.9 Å². The predicted molar refractivity (Wildman–Crippen MR) is 170 cm³/mol. The molecule has 246 valence electrons. The maximum atomic E-state index is 17.6. The summed E-state index contributed by atoms with van der Waals surface area (Å²) in [5, 5.41) is 25.0. The van der Waals surface area contributed by atoms with Crippen LogP contribution in [0.25, 0.3) is 0 Å². The largest absolute Gasteiger partial charge is 0.390 e. The van der Waals surface area contributed by atoms with Gasteiger partial charge in [0.1, 0.15) is 12.8 Å². The summed E-state index contributed by atoms with van der Waals surface area (Å²) in [6, 6.07) is 15.9. The number of carbonyl (C=O) groups excluding carboxylic acids is 2. The van der Waals surface area contributed by atoms with Crippen molar-refractivity contribution < 1.29 is 38.1 Å². The van der Waals surface area contributed by atoms with E-state index >= 15 is 8.78 Å². The highest BCUT2D eigenvalue weighted by Crippen LogP contribution is 2.72. The second kappa shape index (κ2) is 11.2. The molecule has 0 unspecified atom stereocenters. The molecule has 7 rings (SSSR count). The highest BCUT2D eigenvalue weighted by Gasteiger charge is 2.80. The lowest BCUT2D eigenvalue weighted by Gasteiger charge is -2.63. The maximum Gasteiger partial charge on any atom is 0.193 e. The lowest BCUT2D eigenvalue weighted by Crippen LogP contribution is -2.70. The zero-order chi connectivity index (χ0) is 31.9. The van der Waals surface area contributed by atoms with Crippen molar-refractivity contribution in [1.29, 1.82) is 0 Å². The number of carbonyl (C=O) groups is 2. The molecule has 0 amide bonds. The van der Waals surface area contributed by atoms with Gasteiger partial charge in [0.25, 0.3) is 0 Å². The lowest BCUT2D eigenvalue weighted by molar-refractivity contribution is -0.235. The number of anilines is 1. The SMILES string of the molecule is C.CNc1cccc(Cc2ccc([C@@H]3O[C@@H]4C[C@H]5[C@@H]6C[C@H](F)C7=CC(=O)C=C[C@]7(C)[C@@]6(F)[C@@H](O)C[C@]5(C)[C@]4(C(=O)CO)O3)cc2)c1. The molecule has 1 heterocycles. The van der Waals surface area contributed by atoms with Gasteiger partial charge < -0.3 is 25.0 Å². The van der Waals surface area contributed by atoms with Crippen molar-refractivity contribution >= 4 is 17.3 Å². The molecule has 0 bridgehead atoms. The Balaban J connectivity index is 0.00000372. The number of ether oxygens (including phenoxy) is 2. The number of rotatable bonds is 6. The van der Waals surface area contributed by atoms with Crippen molar-refractivity contribution in [2.75, 3.05) is 19.0 Å². The molecule has 4 aliphatic carbocycles. The fourth-order valence-electron chi connectivity index (χ4n) is 9.58. The number of alkyl halides is 2. The number of aliphatic hydroxyl groups excluding tert-OH is 2. The summed E-state index contributed by atoms with van der Waals surface area (Å²) in [6.07, 6.45) is -0.622. The minimum Gasteiger partial charge on any atom is -0.390 e. The summed E-state index contributed by atoms with van der Waals surface area (Å²) in [4.78, 5) is 25.9. The second-order valence-electron chi connectivity index (χ2n) is 13.9. The number of halogens is 2. The Hall–Kier alpha value is -3.24. The van der Waals surface area contributed by atoms with Gasteiger partial charge in [-0.3, -0.25) is 9.59 Å². The van der Waals surface area contributed by atoms with Gasteiger partial charge in [-0.25, -0.2) is 8.78 Å². The van der Waals surface area contributed by atoms with E-state index in [0.717, 1.165) is 29.3 Å². The third-order valence-corrected chi connectivity index (χ3v) is 11.8. The van der Waals surface area contributed by atoms with Crippen LogP contribution in [0, 0.1) is 22.7 Å². The highest BCUT2D eigenvalue weighted by atomic mass is 19.1. The fraction of sp³-hybridized carbons (Fsp3) is 0.514. The van der Waals surface area contributed by atoms with Gasteiger partial charge in [-0.15, -0.1) is 0 Å². The average Bonchev–Trinajstić information content (AvgIpc) is 3.53. The van der Waals surface area contributed by atoms with Gasteiger partial charge in [0.05, 0.1) is 12.2 Å². The average molecular weight is 636 g/mol. The number of nitrogens with one attached hydrogen (secondary N) is 1. The van der Waals surface area contributed by atoms with E-state index in [2.05, 4.69) is 17.4 Å². The van der Waals surface area contributed by atoms with Crippen LogP contribution in [-0.4, -0.2) is 65.1 Å². The van der Waals surface area contributed by atoms with E-state index in [4.69, 9.17) is 9.47 Å². The van der Waals surface area contributed by atoms with Crippen molar-refractivity contribution in [2.24, 2.45) is 22.7 Å². The van der Waals surface area contributed by atoms with Gasteiger partial charge in [0.15, 0.2) is 29.1 Å². The van der Waals surface area contributed by atoms with Crippen LogP contribution < -0.4 is 5.32 Å². The molecule has 0 spiro atoms. The molecule has 7 nitrogen and oxygen atoms in total. The van der Waals surface area contributed by atoms with Crippen LogP contribution >= 0.6 is 0 Å². The fourth-order valence-corrected chi connectivity index (χ4v) is 9.58. The van der Waals surface area contributed by atoms with Crippen LogP contribution in [0.5, 0.6) is 0 Å². The molecular formula is C37H43F2NO6. The van der Waals surface area contributed by atoms with Crippen molar-refractivity contribution in [3.05, 3.63) is 89.0 Å². The van der Waals surface area contributed by atoms with E-state index in [-0.39, 0.29) is 32.3 Å². The third-order valence-electron chi connectivity index (χ3n) is 11.8. The number of benzene rings is 2. The molecule has 5 aliphatic rings. The maximum absolute atomic E-state index is 17.6. The molecule has 3 saturated carbocycles. The minimum atomic E-state index is -2.28. The summed E-state index contributed by atoms with van der Waals surface area (Å²) in [6.45, 7) is 2.51. The molecule has 46 heavy (non-hydrogen) atoms. The molecule has 1 saturated heterocycles. The number of fused-ring (bicyclic) bond motifs is 7. The van der Waals surface area contributed by atoms with Gasteiger partial charge in [0.2, 0.25) is 0 Å². The van der Waals surface area contributed by atoms with E-state index < -0.39 is 76.8 Å². The smallest absolute Gasteiger partial charge is 0.193 e. The quantitative estimate of drug-likeness (QED) is 0.380. The Morgan fingerprint density at radius 2 is 1.83 bits per heavy atom. The first-order valence-corrected chi connectivity index (χ1v) is 15.7. The van der Waals surface area contributed by atoms with Gasteiger partial charge in [-0.2, -0.15) is 0 Å². The first kappa shape index (κ1) is 32.7. The van der Waals surface area contributed by atoms with Crippen LogP contribution in [0.4, 0.5) is 14.5 Å². The number of aliphatic hydroxyl groups is 2. The van der Waals surface area contributed by atoms with E-state index in [9.17, 15) is 19.8 Å². The molecule has 4 fully saturated rings. The van der Waals surface area contributed by atoms with Crippen LogP contribution in [0.3, 0.4) is 0 Å². The Labute approximate surface area is 268 Å². The van der Waals surface area contributed by atoms with Crippen LogP contribution in [0.1, 0.15) is 63.5 Å². The zero-order valence-corrected chi connectivity index (χ0v) is 25.6. The van der Waals surface area contributed by atoms with E-state index in [0.29, 0.717) is 5.56 Å². The van der Waals surface area contributed by atoms with E-state index in [1.807, 2.05) is 43.4 Å². The van der Waals surface area contributed by atoms with Gasteiger partial charge >= 0.3 is 0 Å². The second-order valence-corrected chi connectivity index (χ2v) is 13.9. The van der Waals surface area contributed by atoms with Crippen LogP contribution in [0.2, 0.25) is 0 Å². The normalized spacial score (nSPS) is 40.6. The van der Waals surface area contributed by atoms with Gasteiger partial charge in [-0.1, -0.05) is 56.8 Å². The van der Waals surface area contributed by atoms with Crippen molar-refractivity contribution in [3.8, 4) is 0 Å². The summed E-state index contributed by atoms with van der Waals surface area (Å²) < 4.78 is 46.4. The molecular weight excluding hydrogens is 592 g/mol. The topological polar surface area (TPSA) is 105 Å². The molecule has 0 radical (unpaired) electrons. The third kappa shape index (κ3) is 4.28. The number of allylic oxidation sites excluding steroid dienone is 4. The van der Waals surface area contributed by atoms with Gasteiger partial charge in [0, 0.05) is 35.0 Å². The molecule has 2 aromatic rings. The molecule has 9 heteroatoms. The van der Waals surface area contributed by atoms with Crippen LogP contribution in [-0.2, 0) is 25.5 Å². The van der Waals surface area contributed by atoms with Crippen molar-refractivity contribution in [1.82, 2.24) is 0 Å². The molecule has 10 atom stereocenters. The number of Topliss-reactive ketones (excluding diaryl/α,β-unsaturated/α-hetero) is 1. The van der Waals surface area contributed by atoms with Crippen molar-refractivity contribution in [3.63, 3.8) is 0 Å². The number of hydrogen-bond acceptors (Lipinski definition) is 7. The Morgan fingerprint density at radius 1 is 1.09 bits per heavy atom. The standard InChI is InChI=1S/C36H39F2NO6.CH4/c1-33-12-11-24(41)15-27(33)28(37)16-26-25-17-31-36(30(43)19-40,34(25,2)18-29(42)35(26,33)38)45-32(44-31)22-9-7-20(8-10-22)13-21-5-4-6-23(14-21)39-3;/h4-12,14-15,25-26,28-29,31-32,39-40,42H,13,16-19H2,1-3H3;1H4/t25-,26-,28-,29-,31+,32+,33-,34-,35-,36+;/m0./s1. The van der Waals surface area contributed by atoms with E-state index in [1.165, 1.54) is 12.2 Å². The summed E-state index contributed by atoms with van der Waals surface area (Å²) in [7, 11) is 1.88. The summed E-state index contributed by atoms with van der Waals surface area (Å²) >= 11 is 0. The van der Waals surface area contributed by atoms with Gasteiger partial charge in [-0.05, 0) is 79.5 Å². The monoisotopic (exact) mass is 635 g/mol.